The van der Waals surface area contributed by atoms with Gasteiger partial charge in [0.25, 0.3) is 0 Å². The van der Waals surface area contributed by atoms with Crippen molar-refractivity contribution in [3.63, 3.8) is 0 Å². The molecule has 3 heterocycles. The number of nitrogens with one attached hydrogen (secondary N) is 1. The molecule has 0 saturated carbocycles. The summed E-state index contributed by atoms with van der Waals surface area (Å²) >= 11 is 0. The van der Waals surface area contributed by atoms with Crippen LogP contribution in [-0.4, -0.2) is 63.7 Å². The molecule has 0 spiro atoms. The average Bonchev–Trinajstić information content (AvgIpc) is 3.10. The maximum Gasteiger partial charge on any atom is 0.216 e. The highest BCUT2D eigenvalue weighted by Crippen LogP contribution is 2.38. The fourth-order valence-electron chi connectivity index (χ4n) is 3.96. The first kappa shape index (κ1) is 19.9. The molecular formula is C18H21F2N5O3S. The van der Waals surface area contributed by atoms with Gasteiger partial charge in [-0.2, -0.15) is 0 Å². The highest BCUT2D eigenvalue weighted by Gasteiger charge is 2.38. The maximum absolute atomic E-state index is 15.0. The number of nitrogens with zero attached hydrogens (tertiary/aromatic N) is 3. The van der Waals surface area contributed by atoms with E-state index in [2.05, 4.69) is 15.3 Å². The topological polar surface area (TPSA) is 109 Å². The molecule has 4 aliphatic rings. The quantitative estimate of drug-likeness (QED) is 0.698. The normalized spacial score (nSPS) is 29.3. The van der Waals surface area contributed by atoms with Gasteiger partial charge in [0.2, 0.25) is 15.9 Å². The first-order valence-corrected chi connectivity index (χ1v) is 10.6. The molecule has 0 aromatic heterocycles. The van der Waals surface area contributed by atoms with E-state index in [4.69, 9.17) is 9.88 Å². The smallest absolute Gasteiger partial charge is 0.216 e. The molecule has 0 saturated heterocycles. The first-order chi connectivity index (χ1) is 13.7. The minimum Gasteiger partial charge on any atom is -0.481 e. The summed E-state index contributed by atoms with van der Waals surface area (Å²) in [6, 6.07) is 0. The number of halogens is 2. The second-order valence-electron chi connectivity index (χ2n) is 7.26. The molecule has 3 aliphatic heterocycles. The molecule has 3 unspecified atom stereocenters. The lowest BCUT2D eigenvalue weighted by molar-refractivity contribution is 0.315. The van der Waals surface area contributed by atoms with E-state index in [9.17, 15) is 17.2 Å². The second-order valence-corrected chi connectivity index (χ2v) is 8.99. The Bertz CT molecular complexity index is 1040. The Morgan fingerprint density at radius 3 is 2.86 bits per heavy atom. The van der Waals surface area contributed by atoms with E-state index in [1.54, 1.807) is 17.2 Å². The standard InChI is InChI=1S/C18H21F2N5O3S/c1-9-14(29(21,26)27)4-13(19)12(16(9)20)7-25-8-22-5-10-6-23-18-11(17(10)25)3-15(24-18)28-2/h3-4,6,9,14,18,22H,5,7-8H2,1-2H3,(H2,21,26,27). The first-order valence-electron chi connectivity index (χ1n) is 9.04. The fraction of sp³-hybridized carbons (Fsp3) is 0.444. The van der Waals surface area contributed by atoms with E-state index in [0.29, 0.717) is 19.1 Å². The van der Waals surface area contributed by atoms with Gasteiger partial charge in [-0.25, -0.2) is 27.3 Å². The van der Waals surface area contributed by atoms with E-state index in [1.807, 2.05) is 0 Å². The van der Waals surface area contributed by atoms with Gasteiger partial charge in [0.05, 0.1) is 19.5 Å². The van der Waals surface area contributed by atoms with Crippen LogP contribution >= 0.6 is 0 Å². The van der Waals surface area contributed by atoms with Crippen LogP contribution in [0.15, 0.2) is 56.2 Å². The van der Waals surface area contributed by atoms with Crippen molar-refractivity contribution in [2.45, 2.75) is 18.3 Å². The largest absolute Gasteiger partial charge is 0.481 e. The van der Waals surface area contributed by atoms with Crippen LogP contribution in [0.4, 0.5) is 8.78 Å². The second kappa shape index (κ2) is 7.15. The van der Waals surface area contributed by atoms with Gasteiger partial charge in [-0.1, -0.05) is 6.92 Å². The summed E-state index contributed by atoms with van der Waals surface area (Å²) in [6.45, 7) is 2.22. The number of hydrogen-bond acceptors (Lipinski definition) is 7. The Labute approximate surface area is 167 Å². The minimum atomic E-state index is -4.12. The third kappa shape index (κ3) is 3.43. The number of aliphatic imine (C=N–C) groups is 2. The van der Waals surface area contributed by atoms with Gasteiger partial charge in [0, 0.05) is 48.0 Å². The van der Waals surface area contributed by atoms with E-state index in [0.717, 1.165) is 22.9 Å². The summed E-state index contributed by atoms with van der Waals surface area (Å²) in [4.78, 5) is 10.5. The molecule has 0 bridgehead atoms. The van der Waals surface area contributed by atoms with Crippen molar-refractivity contribution in [2.24, 2.45) is 21.0 Å². The maximum atomic E-state index is 15.0. The summed E-state index contributed by atoms with van der Waals surface area (Å²) < 4.78 is 58.2. The van der Waals surface area contributed by atoms with Gasteiger partial charge < -0.3 is 9.64 Å². The third-order valence-electron chi connectivity index (χ3n) is 5.41. The Morgan fingerprint density at radius 2 is 2.17 bits per heavy atom. The summed E-state index contributed by atoms with van der Waals surface area (Å²) in [5.74, 6) is -2.36. The van der Waals surface area contributed by atoms with Crippen LogP contribution in [-0.2, 0) is 14.8 Å². The summed E-state index contributed by atoms with van der Waals surface area (Å²) in [7, 11) is -2.61. The highest BCUT2D eigenvalue weighted by atomic mass is 32.2. The van der Waals surface area contributed by atoms with Gasteiger partial charge >= 0.3 is 0 Å². The number of dihydropyridines is 1. The van der Waals surface area contributed by atoms with Gasteiger partial charge in [0.1, 0.15) is 16.9 Å². The Morgan fingerprint density at radius 1 is 1.41 bits per heavy atom. The van der Waals surface area contributed by atoms with Gasteiger partial charge in [-0.15, -0.1) is 0 Å². The van der Waals surface area contributed by atoms with Crippen LogP contribution in [0, 0.1) is 5.92 Å². The van der Waals surface area contributed by atoms with E-state index < -0.39 is 39.0 Å². The zero-order chi connectivity index (χ0) is 20.9. The Kier molecular flexibility index (Phi) is 4.91. The predicted octanol–water partition coefficient (Wildman–Crippen LogP) is 0.882. The minimum absolute atomic E-state index is 0.0815. The molecule has 1 aliphatic carbocycles. The zero-order valence-electron chi connectivity index (χ0n) is 15.9. The van der Waals surface area contributed by atoms with Crippen LogP contribution in [0.2, 0.25) is 0 Å². The molecule has 0 radical (unpaired) electrons. The van der Waals surface area contributed by atoms with Crippen molar-refractivity contribution >= 4 is 22.1 Å². The molecule has 3 atom stereocenters. The number of nitrogens with two attached hydrogens (primary N) is 1. The fourth-order valence-corrected chi connectivity index (χ4v) is 4.95. The van der Waals surface area contributed by atoms with Gasteiger partial charge in [-0.05, 0) is 6.08 Å². The van der Waals surface area contributed by atoms with Gasteiger partial charge in [0.15, 0.2) is 6.17 Å². The molecule has 11 heteroatoms. The van der Waals surface area contributed by atoms with Crippen LogP contribution in [0.1, 0.15) is 6.92 Å². The number of allylic oxidation sites excluding steroid dienone is 1. The van der Waals surface area contributed by atoms with E-state index >= 15 is 0 Å². The van der Waals surface area contributed by atoms with Crippen LogP contribution in [0.25, 0.3) is 0 Å². The molecule has 156 valence electrons. The third-order valence-corrected chi connectivity index (χ3v) is 6.71. The number of rotatable bonds is 3. The Hall–Kier alpha value is -2.37. The number of fused-ring (bicyclic) bond motifs is 2. The van der Waals surface area contributed by atoms with Crippen molar-refractivity contribution in [1.82, 2.24) is 10.2 Å². The number of hydrogen-bond donors (Lipinski definition) is 2. The lowest BCUT2D eigenvalue weighted by atomic mass is 9.93. The van der Waals surface area contributed by atoms with Crippen molar-refractivity contribution in [3.8, 4) is 0 Å². The molecule has 4 rings (SSSR count). The molecule has 29 heavy (non-hydrogen) atoms. The lowest BCUT2D eigenvalue weighted by Crippen LogP contribution is -2.45. The van der Waals surface area contributed by atoms with Crippen molar-refractivity contribution < 1.29 is 21.9 Å². The number of methoxy groups -OCH3 is 1. The van der Waals surface area contributed by atoms with Crippen LogP contribution in [0.5, 0.6) is 0 Å². The monoisotopic (exact) mass is 425 g/mol. The van der Waals surface area contributed by atoms with Gasteiger partial charge in [-0.3, -0.25) is 10.3 Å². The number of ether oxygens (including phenoxy) is 1. The van der Waals surface area contributed by atoms with E-state index in [1.165, 1.54) is 14.0 Å². The summed E-state index contributed by atoms with van der Waals surface area (Å²) in [6.07, 6.45) is 3.92. The number of primary sulfonamides is 1. The average molecular weight is 425 g/mol. The molecular weight excluding hydrogens is 404 g/mol. The molecule has 3 N–H and O–H groups in total. The molecule has 0 aromatic carbocycles. The van der Waals surface area contributed by atoms with Crippen LogP contribution < -0.4 is 10.5 Å². The summed E-state index contributed by atoms with van der Waals surface area (Å²) in [5, 5.41) is 6.88. The van der Waals surface area contributed by atoms with Crippen molar-refractivity contribution in [2.75, 3.05) is 26.9 Å². The molecule has 0 amide bonds. The number of sulfonamides is 1. The molecule has 0 fully saturated rings. The predicted molar refractivity (Wildman–Crippen MR) is 105 cm³/mol. The highest BCUT2D eigenvalue weighted by molar-refractivity contribution is 7.90. The van der Waals surface area contributed by atoms with Crippen LogP contribution in [0.3, 0.4) is 0 Å². The van der Waals surface area contributed by atoms with E-state index in [-0.39, 0.29) is 12.1 Å². The Balaban J connectivity index is 1.67. The van der Waals surface area contributed by atoms with Crippen molar-refractivity contribution in [1.29, 1.82) is 0 Å². The molecule has 8 nitrogen and oxygen atoms in total. The summed E-state index contributed by atoms with van der Waals surface area (Å²) in [5.41, 5.74) is 2.30. The zero-order valence-corrected chi connectivity index (χ0v) is 16.7. The van der Waals surface area contributed by atoms with Crippen molar-refractivity contribution in [3.05, 3.63) is 46.2 Å². The SMILES string of the molecule is COC1=NC2N=CC3=C(C2=C1)N(CC1=C(F)C(C)C(S(N)(=O)=O)C=C1F)CNC3. The molecule has 0 aromatic rings. The lowest BCUT2D eigenvalue weighted by Gasteiger charge is -2.37.